The molecular weight excluding hydrogens is 374 g/mol. The van der Waals surface area contributed by atoms with Gasteiger partial charge in [-0.2, -0.15) is 8.78 Å². The van der Waals surface area contributed by atoms with Gasteiger partial charge in [-0.25, -0.2) is 0 Å². The Kier molecular flexibility index (Phi) is 8.10. The first-order chi connectivity index (χ1) is 14.1. The van der Waals surface area contributed by atoms with Crippen molar-refractivity contribution in [3.05, 3.63) is 58.6 Å². The molecule has 1 aliphatic carbocycles. The normalized spacial score (nSPS) is 22.8. The van der Waals surface area contributed by atoms with Crippen LogP contribution in [0.25, 0.3) is 0 Å². The largest absolute Gasteiger partial charge is 0.498 e. The molecule has 2 atom stereocenters. The minimum atomic E-state index is -0.950. The van der Waals surface area contributed by atoms with Crippen LogP contribution in [0.5, 0.6) is 0 Å². The van der Waals surface area contributed by atoms with Gasteiger partial charge in [-0.15, -0.1) is 0 Å². The first-order valence-electron chi connectivity index (χ1n) is 10.8. The van der Waals surface area contributed by atoms with Gasteiger partial charge >= 0.3 is 0 Å². The van der Waals surface area contributed by atoms with Crippen LogP contribution in [-0.4, -0.2) is 19.8 Å². The Morgan fingerprint density at radius 1 is 1.00 bits per heavy atom. The number of benzene rings is 1. The number of methoxy groups -OCH3 is 1. The van der Waals surface area contributed by atoms with Gasteiger partial charge in [-0.1, -0.05) is 50.5 Å². The number of unbranched alkanes of at least 4 members (excludes halogenated alkanes) is 2. The van der Waals surface area contributed by atoms with E-state index in [0.717, 1.165) is 25.0 Å². The van der Waals surface area contributed by atoms with Crippen molar-refractivity contribution in [3.63, 3.8) is 0 Å². The lowest BCUT2D eigenvalue weighted by Gasteiger charge is -2.29. The number of hydrogen-bond donors (Lipinski definition) is 0. The zero-order valence-electron chi connectivity index (χ0n) is 17.5. The van der Waals surface area contributed by atoms with Crippen LogP contribution in [0.3, 0.4) is 0 Å². The van der Waals surface area contributed by atoms with Crippen molar-refractivity contribution in [1.82, 2.24) is 0 Å². The second-order valence-electron chi connectivity index (χ2n) is 7.93. The minimum Gasteiger partial charge on any atom is -0.498 e. The van der Waals surface area contributed by atoms with Crippen LogP contribution in [0.2, 0.25) is 0 Å². The molecule has 0 bridgehead atoms. The number of allylic oxidation sites excluding steroid dienone is 4. The highest BCUT2D eigenvalue weighted by Gasteiger charge is 2.25. The van der Waals surface area contributed by atoms with E-state index in [1.54, 1.807) is 0 Å². The van der Waals surface area contributed by atoms with Gasteiger partial charge in [0.25, 0.3) is 0 Å². The lowest BCUT2D eigenvalue weighted by atomic mass is 9.90. The molecule has 1 aliphatic heterocycles. The van der Waals surface area contributed by atoms with Crippen molar-refractivity contribution < 1.29 is 23.0 Å². The standard InChI is InChI=1S/C24H32F2O3/c1-3-4-5-6-20-12-11-19(16-28-20)18-9-7-17(8-10-18)15-29-22-14-13-21(27-2)23(25)24(22)26/h7-10,19-20H,3-6,11-16H2,1-2H3. The number of ether oxygens (including phenoxy) is 3. The van der Waals surface area contributed by atoms with Crippen molar-refractivity contribution in [2.24, 2.45) is 0 Å². The van der Waals surface area contributed by atoms with Crippen LogP contribution in [-0.2, 0) is 20.8 Å². The Bertz CT molecular complexity index is 716. The molecule has 0 spiro atoms. The summed E-state index contributed by atoms with van der Waals surface area (Å²) in [5, 5.41) is 0. The van der Waals surface area contributed by atoms with Gasteiger partial charge in [0.2, 0.25) is 0 Å². The Labute approximate surface area is 172 Å². The highest BCUT2D eigenvalue weighted by Crippen LogP contribution is 2.34. The third-order valence-electron chi connectivity index (χ3n) is 5.87. The summed E-state index contributed by atoms with van der Waals surface area (Å²) >= 11 is 0. The van der Waals surface area contributed by atoms with Gasteiger partial charge in [0.1, 0.15) is 18.1 Å². The number of rotatable bonds is 9. The van der Waals surface area contributed by atoms with Crippen LogP contribution < -0.4 is 0 Å². The molecule has 1 aromatic rings. The van der Waals surface area contributed by atoms with E-state index in [1.165, 1.54) is 38.4 Å². The van der Waals surface area contributed by atoms with E-state index in [-0.39, 0.29) is 18.1 Å². The summed E-state index contributed by atoms with van der Waals surface area (Å²) in [6.07, 6.45) is 8.25. The summed E-state index contributed by atoms with van der Waals surface area (Å²) in [5.41, 5.74) is 2.20. The third kappa shape index (κ3) is 5.81. The molecule has 0 N–H and O–H groups in total. The summed E-state index contributed by atoms with van der Waals surface area (Å²) in [7, 11) is 1.35. The Morgan fingerprint density at radius 3 is 2.38 bits per heavy atom. The van der Waals surface area contributed by atoms with Crippen LogP contribution in [0.1, 0.15) is 75.3 Å². The van der Waals surface area contributed by atoms with E-state index in [1.807, 2.05) is 12.1 Å². The third-order valence-corrected chi connectivity index (χ3v) is 5.87. The van der Waals surface area contributed by atoms with E-state index in [4.69, 9.17) is 14.2 Å². The summed E-state index contributed by atoms with van der Waals surface area (Å²) in [6, 6.07) is 8.19. The monoisotopic (exact) mass is 406 g/mol. The van der Waals surface area contributed by atoms with Gasteiger partial charge in [-0.3, -0.25) is 0 Å². The predicted octanol–water partition coefficient (Wildman–Crippen LogP) is 6.85. The Morgan fingerprint density at radius 2 is 1.72 bits per heavy atom. The van der Waals surface area contributed by atoms with Crippen LogP contribution in [0.4, 0.5) is 8.78 Å². The smallest absolute Gasteiger partial charge is 0.199 e. The van der Waals surface area contributed by atoms with E-state index in [9.17, 15) is 8.78 Å². The van der Waals surface area contributed by atoms with Crippen LogP contribution in [0, 0.1) is 0 Å². The molecule has 160 valence electrons. The summed E-state index contributed by atoms with van der Waals surface area (Å²) in [4.78, 5) is 0. The molecule has 0 amide bonds. The fraction of sp³-hybridized carbons (Fsp3) is 0.583. The Hall–Kier alpha value is -1.88. The maximum Gasteiger partial charge on any atom is 0.199 e. The molecular formula is C24H32F2O3. The molecule has 2 aliphatic rings. The zero-order chi connectivity index (χ0) is 20.6. The second kappa shape index (κ2) is 10.8. The molecule has 0 radical (unpaired) electrons. The van der Waals surface area contributed by atoms with Gasteiger partial charge in [-0.05, 0) is 30.4 Å². The molecule has 1 aromatic carbocycles. The molecule has 29 heavy (non-hydrogen) atoms. The fourth-order valence-electron chi connectivity index (χ4n) is 3.99. The van der Waals surface area contributed by atoms with Crippen LogP contribution >= 0.6 is 0 Å². The average Bonchev–Trinajstić information content (AvgIpc) is 2.76. The minimum absolute atomic E-state index is 0.0431. The van der Waals surface area contributed by atoms with Gasteiger partial charge in [0.15, 0.2) is 11.7 Å². The average molecular weight is 407 g/mol. The maximum absolute atomic E-state index is 14.0. The van der Waals surface area contributed by atoms with Crippen LogP contribution in [0.15, 0.2) is 47.4 Å². The highest BCUT2D eigenvalue weighted by molar-refractivity contribution is 5.30. The summed E-state index contributed by atoms with van der Waals surface area (Å²) < 4.78 is 44.3. The molecule has 1 saturated heterocycles. The molecule has 5 heteroatoms. The number of halogens is 2. The zero-order valence-corrected chi connectivity index (χ0v) is 17.5. The van der Waals surface area contributed by atoms with Gasteiger partial charge < -0.3 is 14.2 Å². The van der Waals surface area contributed by atoms with Crippen molar-refractivity contribution in [1.29, 1.82) is 0 Å². The van der Waals surface area contributed by atoms with Crippen molar-refractivity contribution >= 4 is 0 Å². The lowest BCUT2D eigenvalue weighted by Crippen LogP contribution is -2.24. The van der Waals surface area contributed by atoms with E-state index in [0.29, 0.717) is 24.9 Å². The van der Waals surface area contributed by atoms with Crippen molar-refractivity contribution in [3.8, 4) is 0 Å². The summed E-state index contributed by atoms with van der Waals surface area (Å²) in [6.45, 7) is 3.22. The second-order valence-corrected chi connectivity index (χ2v) is 7.93. The first-order valence-corrected chi connectivity index (χ1v) is 10.8. The molecule has 1 heterocycles. The highest BCUT2D eigenvalue weighted by atomic mass is 19.2. The SMILES string of the molecule is CCCCCC1CCC(c2ccc(COC3=C(F)C(F)=C(OC)CC3)cc2)CO1. The Balaban J connectivity index is 1.49. The first kappa shape index (κ1) is 21.8. The number of hydrogen-bond acceptors (Lipinski definition) is 3. The molecule has 0 aromatic heterocycles. The fourth-order valence-corrected chi connectivity index (χ4v) is 3.99. The van der Waals surface area contributed by atoms with E-state index in [2.05, 4.69) is 19.1 Å². The van der Waals surface area contributed by atoms with E-state index >= 15 is 0 Å². The lowest BCUT2D eigenvalue weighted by molar-refractivity contribution is -0.00208. The molecule has 0 saturated carbocycles. The predicted molar refractivity (Wildman–Crippen MR) is 110 cm³/mol. The van der Waals surface area contributed by atoms with Crippen molar-refractivity contribution in [2.75, 3.05) is 13.7 Å². The van der Waals surface area contributed by atoms with E-state index < -0.39 is 11.7 Å². The maximum atomic E-state index is 14.0. The topological polar surface area (TPSA) is 27.7 Å². The molecule has 2 unspecified atom stereocenters. The van der Waals surface area contributed by atoms with Gasteiger partial charge in [0, 0.05) is 18.8 Å². The molecule has 1 fully saturated rings. The summed E-state index contributed by atoms with van der Waals surface area (Å²) in [5.74, 6) is -1.37. The quantitative estimate of drug-likeness (QED) is 0.420. The molecule has 3 rings (SSSR count). The molecule has 3 nitrogen and oxygen atoms in total. The van der Waals surface area contributed by atoms with Gasteiger partial charge in [0.05, 0.1) is 19.8 Å². The van der Waals surface area contributed by atoms with Crippen molar-refractivity contribution in [2.45, 2.75) is 76.9 Å².